The molecule has 0 amide bonds. The lowest BCUT2D eigenvalue weighted by molar-refractivity contribution is 0.0261. The van der Waals surface area contributed by atoms with Gasteiger partial charge in [0.05, 0.1) is 18.8 Å². The van der Waals surface area contributed by atoms with Crippen LogP contribution in [0.1, 0.15) is 11.8 Å². The second-order valence-electron chi connectivity index (χ2n) is 3.13. The Hall–Kier alpha value is -1.42. The van der Waals surface area contributed by atoms with Gasteiger partial charge in [0.2, 0.25) is 0 Å². The number of ether oxygens (including phenoxy) is 1. The van der Waals surface area contributed by atoms with E-state index in [1.807, 2.05) is 29.3 Å². The fraction of sp³-hybridized carbons (Fsp3) is 0.333. The fourth-order valence-corrected chi connectivity index (χ4v) is 1.70. The lowest BCUT2D eigenvalue weighted by atomic mass is 10.1. The molecule has 4 heteroatoms. The normalized spacial score (nSPS) is 24.3. The molecular weight excluding hydrogens is 166 g/mol. The number of fused-ring (bicyclic) bond motifs is 3. The molecule has 0 saturated carbocycles. The third kappa shape index (κ3) is 0.954. The van der Waals surface area contributed by atoms with Crippen LogP contribution in [0.25, 0.3) is 0 Å². The second kappa shape index (κ2) is 2.53. The molecule has 2 aliphatic rings. The molecule has 0 radical (unpaired) electrons. The van der Waals surface area contributed by atoms with Gasteiger partial charge in [-0.05, 0) is 6.07 Å². The molecule has 1 aromatic rings. The summed E-state index contributed by atoms with van der Waals surface area (Å²) in [4.78, 5) is 0. The quantitative estimate of drug-likeness (QED) is 0.605. The molecule has 1 fully saturated rings. The van der Waals surface area contributed by atoms with E-state index < -0.39 is 0 Å². The number of hydrogen-bond acceptors (Lipinski definition) is 4. The van der Waals surface area contributed by atoms with Crippen LogP contribution in [0, 0.1) is 0 Å². The molecule has 0 N–H and O–H groups in total. The first-order chi connectivity index (χ1) is 6.45. The first-order valence-corrected chi connectivity index (χ1v) is 4.34. The Morgan fingerprint density at radius 3 is 3.31 bits per heavy atom. The molecule has 0 bridgehead atoms. The molecule has 2 aliphatic heterocycles. The summed E-state index contributed by atoms with van der Waals surface area (Å²) in [6, 6.07) is 7.95. The van der Waals surface area contributed by atoms with Gasteiger partial charge >= 0.3 is 0 Å². The summed E-state index contributed by atoms with van der Waals surface area (Å²) in [6.07, 6.45) is -0.00583. The smallest absolute Gasteiger partial charge is 0.175 e. The Bertz CT molecular complexity index is 364. The highest BCUT2D eigenvalue weighted by Crippen LogP contribution is 2.37. The van der Waals surface area contributed by atoms with Gasteiger partial charge < -0.3 is 4.74 Å². The van der Waals surface area contributed by atoms with Crippen molar-refractivity contribution in [3.05, 3.63) is 29.8 Å². The standard InChI is InChI=1S/C9H9N3O/c1-2-4-8-7(3-1)9-12(11-10-8)5-6-13-9/h1-4,9H,5-6H2. The van der Waals surface area contributed by atoms with Crippen LogP contribution >= 0.6 is 0 Å². The second-order valence-corrected chi connectivity index (χ2v) is 3.13. The van der Waals surface area contributed by atoms with Crippen molar-refractivity contribution in [2.24, 2.45) is 10.3 Å². The molecule has 3 rings (SSSR count). The highest BCUT2D eigenvalue weighted by molar-refractivity contribution is 5.47. The maximum absolute atomic E-state index is 5.56. The first kappa shape index (κ1) is 7.03. The SMILES string of the molecule is c1ccc2c(c1)N=NN1CCOC21. The molecule has 1 aromatic carbocycles. The summed E-state index contributed by atoms with van der Waals surface area (Å²) < 4.78 is 5.56. The maximum atomic E-state index is 5.56. The summed E-state index contributed by atoms with van der Waals surface area (Å²) in [5.41, 5.74) is 2.04. The number of benzene rings is 1. The molecular formula is C9H9N3O. The minimum absolute atomic E-state index is 0.00583. The van der Waals surface area contributed by atoms with Gasteiger partial charge in [0.25, 0.3) is 0 Å². The zero-order chi connectivity index (χ0) is 8.67. The van der Waals surface area contributed by atoms with Crippen LogP contribution in [0.5, 0.6) is 0 Å². The highest BCUT2D eigenvalue weighted by Gasteiger charge is 2.30. The molecule has 1 saturated heterocycles. The molecule has 13 heavy (non-hydrogen) atoms. The molecule has 4 nitrogen and oxygen atoms in total. The van der Waals surface area contributed by atoms with Crippen molar-refractivity contribution >= 4 is 5.69 Å². The van der Waals surface area contributed by atoms with Gasteiger partial charge in [0.1, 0.15) is 0 Å². The summed E-state index contributed by atoms with van der Waals surface area (Å²) in [5, 5.41) is 10.1. The zero-order valence-corrected chi connectivity index (χ0v) is 7.05. The van der Waals surface area contributed by atoms with Gasteiger partial charge in [-0.3, -0.25) is 0 Å². The van der Waals surface area contributed by atoms with Crippen molar-refractivity contribution in [1.29, 1.82) is 0 Å². The first-order valence-electron chi connectivity index (χ1n) is 4.34. The molecule has 0 aromatic heterocycles. The Morgan fingerprint density at radius 1 is 1.38 bits per heavy atom. The summed E-state index contributed by atoms with van der Waals surface area (Å²) in [6.45, 7) is 1.57. The van der Waals surface area contributed by atoms with E-state index in [9.17, 15) is 0 Å². The largest absolute Gasteiger partial charge is 0.350 e. The van der Waals surface area contributed by atoms with Gasteiger partial charge in [-0.1, -0.05) is 23.4 Å². The van der Waals surface area contributed by atoms with Crippen LogP contribution in [0.2, 0.25) is 0 Å². The van der Waals surface area contributed by atoms with E-state index in [2.05, 4.69) is 10.3 Å². The van der Waals surface area contributed by atoms with Crippen molar-refractivity contribution in [3.8, 4) is 0 Å². The van der Waals surface area contributed by atoms with Crippen molar-refractivity contribution in [1.82, 2.24) is 5.01 Å². The Kier molecular flexibility index (Phi) is 1.37. The summed E-state index contributed by atoms with van der Waals surface area (Å²) >= 11 is 0. The predicted molar refractivity (Wildman–Crippen MR) is 46.4 cm³/mol. The van der Waals surface area contributed by atoms with Crippen molar-refractivity contribution in [3.63, 3.8) is 0 Å². The number of hydrogen-bond donors (Lipinski definition) is 0. The van der Waals surface area contributed by atoms with Crippen molar-refractivity contribution < 1.29 is 4.74 Å². The van der Waals surface area contributed by atoms with Gasteiger partial charge in [-0.2, -0.15) is 0 Å². The minimum Gasteiger partial charge on any atom is -0.350 e. The minimum atomic E-state index is -0.00583. The van der Waals surface area contributed by atoms with E-state index in [4.69, 9.17) is 4.74 Å². The van der Waals surface area contributed by atoms with E-state index in [0.717, 1.165) is 24.4 Å². The van der Waals surface area contributed by atoms with E-state index in [0.29, 0.717) is 0 Å². The van der Waals surface area contributed by atoms with Gasteiger partial charge in [-0.25, -0.2) is 5.01 Å². The number of nitrogens with zero attached hydrogens (tertiary/aromatic N) is 3. The fourth-order valence-electron chi connectivity index (χ4n) is 1.70. The van der Waals surface area contributed by atoms with Crippen LogP contribution in [0.15, 0.2) is 34.6 Å². The van der Waals surface area contributed by atoms with Gasteiger partial charge in [0, 0.05) is 5.56 Å². The Labute approximate surface area is 75.8 Å². The highest BCUT2D eigenvalue weighted by atomic mass is 16.5. The summed E-state index contributed by atoms with van der Waals surface area (Å²) in [7, 11) is 0. The molecule has 1 atom stereocenters. The molecule has 2 heterocycles. The van der Waals surface area contributed by atoms with Crippen LogP contribution in [0.3, 0.4) is 0 Å². The molecule has 0 aliphatic carbocycles. The van der Waals surface area contributed by atoms with E-state index in [1.54, 1.807) is 0 Å². The lowest BCUT2D eigenvalue weighted by Gasteiger charge is -2.23. The van der Waals surface area contributed by atoms with Crippen LogP contribution < -0.4 is 0 Å². The predicted octanol–water partition coefficient (Wildman–Crippen LogP) is 2.03. The van der Waals surface area contributed by atoms with Gasteiger partial charge in [0.15, 0.2) is 6.23 Å². The average molecular weight is 175 g/mol. The topological polar surface area (TPSA) is 37.2 Å². The lowest BCUT2D eigenvalue weighted by Crippen LogP contribution is -2.19. The van der Waals surface area contributed by atoms with Crippen LogP contribution in [0.4, 0.5) is 5.69 Å². The van der Waals surface area contributed by atoms with E-state index >= 15 is 0 Å². The Balaban J connectivity index is 2.13. The molecule has 66 valence electrons. The van der Waals surface area contributed by atoms with E-state index in [-0.39, 0.29) is 6.23 Å². The number of rotatable bonds is 0. The molecule has 0 spiro atoms. The maximum Gasteiger partial charge on any atom is 0.175 e. The monoisotopic (exact) mass is 175 g/mol. The van der Waals surface area contributed by atoms with Crippen molar-refractivity contribution in [2.45, 2.75) is 6.23 Å². The average Bonchev–Trinajstić information content (AvgIpc) is 2.65. The van der Waals surface area contributed by atoms with Crippen LogP contribution in [-0.2, 0) is 4.74 Å². The third-order valence-electron chi connectivity index (χ3n) is 2.34. The van der Waals surface area contributed by atoms with Crippen LogP contribution in [-0.4, -0.2) is 18.2 Å². The molecule has 1 unspecified atom stereocenters. The van der Waals surface area contributed by atoms with E-state index in [1.165, 1.54) is 0 Å². The summed E-state index contributed by atoms with van der Waals surface area (Å²) in [5.74, 6) is 0. The van der Waals surface area contributed by atoms with Crippen molar-refractivity contribution in [2.75, 3.05) is 13.2 Å². The zero-order valence-electron chi connectivity index (χ0n) is 7.05. The Morgan fingerprint density at radius 2 is 2.31 bits per heavy atom. The van der Waals surface area contributed by atoms with Gasteiger partial charge in [-0.15, -0.1) is 5.11 Å². The third-order valence-corrected chi connectivity index (χ3v) is 2.34.